The van der Waals surface area contributed by atoms with Crippen molar-refractivity contribution in [2.75, 3.05) is 33.4 Å². The molecule has 1 heterocycles. The molecule has 4 heteroatoms. The van der Waals surface area contributed by atoms with Crippen LogP contribution in [0, 0.1) is 0 Å². The van der Waals surface area contributed by atoms with Gasteiger partial charge in [0.05, 0.1) is 18.8 Å². The van der Waals surface area contributed by atoms with Crippen molar-refractivity contribution in [1.29, 1.82) is 0 Å². The lowest BCUT2D eigenvalue weighted by molar-refractivity contribution is 0.0188. The zero-order chi connectivity index (χ0) is 14.9. The molecule has 21 heavy (non-hydrogen) atoms. The largest absolute Gasteiger partial charge is 0.491 e. The average molecular weight is 293 g/mol. The first-order chi connectivity index (χ1) is 10.3. The summed E-state index contributed by atoms with van der Waals surface area (Å²) in [6, 6.07) is 8.24. The Bertz CT molecular complexity index is 394. The topological polar surface area (TPSA) is 39.7 Å². The van der Waals surface area contributed by atoms with E-state index in [9.17, 15) is 0 Å². The number of hydrogen-bond donors (Lipinski definition) is 1. The van der Waals surface area contributed by atoms with Crippen molar-refractivity contribution in [2.24, 2.45) is 0 Å². The molecule has 0 saturated carbocycles. The van der Waals surface area contributed by atoms with Gasteiger partial charge in [0.2, 0.25) is 0 Å². The van der Waals surface area contributed by atoms with Crippen LogP contribution in [0.3, 0.4) is 0 Å². The lowest BCUT2D eigenvalue weighted by Crippen LogP contribution is -2.28. The maximum Gasteiger partial charge on any atom is 0.119 e. The highest BCUT2D eigenvalue weighted by atomic mass is 16.5. The van der Waals surface area contributed by atoms with E-state index in [1.165, 1.54) is 5.56 Å². The summed E-state index contributed by atoms with van der Waals surface area (Å²) >= 11 is 0. The Morgan fingerprint density at radius 2 is 1.95 bits per heavy atom. The van der Waals surface area contributed by atoms with Crippen LogP contribution in [0.4, 0.5) is 0 Å². The van der Waals surface area contributed by atoms with Crippen LogP contribution in [-0.2, 0) is 15.9 Å². The fourth-order valence-electron chi connectivity index (χ4n) is 2.52. The molecule has 1 N–H and O–H groups in total. The lowest BCUT2D eigenvalue weighted by atomic mass is 10.1. The highest BCUT2D eigenvalue weighted by Crippen LogP contribution is 2.21. The minimum Gasteiger partial charge on any atom is -0.491 e. The summed E-state index contributed by atoms with van der Waals surface area (Å²) in [4.78, 5) is 0. The van der Waals surface area contributed by atoms with Gasteiger partial charge in [-0.05, 0) is 43.5 Å². The van der Waals surface area contributed by atoms with Gasteiger partial charge in [-0.3, -0.25) is 0 Å². The van der Waals surface area contributed by atoms with Crippen LogP contribution in [0.25, 0.3) is 0 Å². The molecule has 1 aromatic rings. The van der Waals surface area contributed by atoms with Crippen LogP contribution in [0.5, 0.6) is 5.75 Å². The number of hydrogen-bond acceptors (Lipinski definition) is 4. The molecule has 1 aliphatic rings. The molecule has 1 aliphatic heterocycles. The smallest absolute Gasteiger partial charge is 0.119 e. The Kier molecular flexibility index (Phi) is 7.00. The van der Waals surface area contributed by atoms with Crippen molar-refractivity contribution in [3.8, 4) is 5.75 Å². The second-order valence-corrected chi connectivity index (χ2v) is 5.46. The van der Waals surface area contributed by atoms with E-state index in [1.807, 2.05) is 12.1 Å². The SMILES string of the molecule is CCNCC1CCC(COc2ccc(CCOC)cc2)O1. The van der Waals surface area contributed by atoms with E-state index in [1.54, 1.807) is 7.11 Å². The first-order valence-electron chi connectivity index (χ1n) is 7.88. The van der Waals surface area contributed by atoms with E-state index in [2.05, 4.69) is 24.4 Å². The van der Waals surface area contributed by atoms with Crippen LogP contribution < -0.4 is 10.1 Å². The van der Waals surface area contributed by atoms with Crippen molar-refractivity contribution < 1.29 is 14.2 Å². The monoisotopic (exact) mass is 293 g/mol. The molecular weight excluding hydrogens is 266 g/mol. The molecule has 4 nitrogen and oxygen atoms in total. The predicted octanol–water partition coefficient (Wildman–Crippen LogP) is 2.41. The van der Waals surface area contributed by atoms with Crippen molar-refractivity contribution in [1.82, 2.24) is 5.32 Å². The van der Waals surface area contributed by atoms with Crippen LogP contribution in [0.15, 0.2) is 24.3 Å². The number of rotatable bonds is 9. The number of nitrogens with one attached hydrogen (secondary N) is 1. The Morgan fingerprint density at radius 3 is 2.67 bits per heavy atom. The van der Waals surface area contributed by atoms with Gasteiger partial charge in [0.15, 0.2) is 0 Å². The molecule has 0 aliphatic carbocycles. The first-order valence-corrected chi connectivity index (χ1v) is 7.88. The van der Waals surface area contributed by atoms with Gasteiger partial charge >= 0.3 is 0 Å². The third-order valence-electron chi connectivity index (χ3n) is 3.77. The lowest BCUT2D eigenvalue weighted by Gasteiger charge is -2.15. The van der Waals surface area contributed by atoms with E-state index >= 15 is 0 Å². The average Bonchev–Trinajstić information content (AvgIpc) is 2.98. The molecule has 2 unspecified atom stereocenters. The van der Waals surface area contributed by atoms with Crippen LogP contribution in [0.2, 0.25) is 0 Å². The van der Waals surface area contributed by atoms with E-state index in [-0.39, 0.29) is 6.10 Å². The second kappa shape index (κ2) is 9.03. The Balaban J connectivity index is 1.68. The molecule has 0 spiro atoms. The van der Waals surface area contributed by atoms with Crippen molar-refractivity contribution >= 4 is 0 Å². The van der Waals surface area contributed by atoms with E-state index < -0.39 is 0 Å². The summed E-state index contributed by atoms with van der Waals surface area (Å²) in [7, 11) is 1.72. The molecule has 2 atom stereocenters. The molecule has 1 fully saturated rings. The summed E-state index contributed by atoms with van der Waals surface area (Å²) < 4.78 is 16.9. The van der Waals surface area contributed by atoms with Crippen molar-refractivity contribution in [3.63, 3.8) is 0 Å². The third kappa shape index (κ3) is 5.65. The third-order valence-corrected chi connectivity index (χ3v) is 3.77. The first kappa shape index (κ1) is 16.3. The molecule has 0 radical (unpaired) electrons. The number of likely N-dealkylation sites (N-methyl/N-ethyl adjacent to an activating group) is 1. The second-order valence-electron chi connectivity index (χ2n) is 5.46. The summed E-state index contributed by atoms with van der Waals surface area (Å²) in [5, 5.41) is 3.33. The molecular formula is C17H27NO3. The number of methoxy groups -OCH3 is 1. The van der Waals surface area contributed by atoms with Gasteiger partial charge in [-0.2, -0.15) is 0 Å². The number of benzene rings is 1. The van der Waals surface area contributed by atoms with Crippen LogP contribution in [0.1, 0.15) is 25.3 Å². The van der Waals surface area contributed by atoms with Gasteiger partial charge in [-0.25, -0.2) is 0 Å². The van der Waals surface area contributed by atoms with Gasteiger partial charge < -0.3 is 19.5 Å². The highest BCUT2D eigenvalue weighted by Gasteiger charge is 2.25. The molecule has 1 saturated heterocycles. The maximum atomic E-state index is 5.96. The van der Waals surface area contributed by atoms with Gasteiger partial charge in [-0.1, -0.05) is 19.1 Å². The molecule has 2 rings (SSSR count). The quantitative estimate of drug-likeness (QED) is 0.759. The van der Waals surface area contributed by atoms with Gasteiger partial charge in [0.1, 0.15) is 12.4 Å². The zero-order valence-electron chi connectivity index (χ0n) is 13.1. The van der Waals surface area contributed by atoms with Crippen LogP contribution in [-0.4, -0.2) is 45.6 Å². The summed E-state index contributed by atoms with van der Waals surface area (Å²) in [5.41, 5.74) is 1.27. The van der Waals surface area contributed by atoms with Gasteiger partial charge in [-0.15, -0.1) is 0 Å². The van der Waals surface area contributed by atoms with E-state index in [0.29, 0.717) is 12.7 Å². The predicted molar refractivity (Wildman–Crippen MR) is 84.0 cm³/mol. The summed E-state index contributed by atoms with van der Waals surface area (Å²) in [5.74, 6) is 0.912. The van der Waals surface area contributed by atoms with Crippen LogP contribution >= 0.6 is 0 Å². The Morgan fingerprint density at radius 1 is 1.19 bits per heavy atom. The standard InChI is InChI=1S/C17H27NO3/c1-3-18-12-16-8-9-17(21-16)13-20-15-6-4-14(5-7-15)10-11-19-2/h4-7,16-18H,3,8-13H2,1-2H3. The van der Waals surface area contributed by atoms with Crippen molar-refractivity contribution in [2.45, 2.75) is 38.4 Å². The molecule has 1 aromatic carbocycles. The Labute approximate surface area is 127 Å². The summed E-state index contributed by atoms with van der Waals surface area (Å²) in [6.45, 7) is 5.45. The van der Waals surface area contributed by atoms with E-state index in [0.717, 1.165) is 44.7 Å². The minimum atomic E-state index is 0.224. The maximum absolute atomic E-state index is 5.96. The van der Waals surface area contributed by atoms with Gasteiger partial charge in [0.25, 0.3) is 0 Å². The molecule has 118 valence electrons. The normalized spacial score (nSPS) is 21.6. The van der Waals surface area contributed by atoms with E-state index in [4.69, 9.17) is 14.2 Å². The summed E-state index contributed by atoms with van der Waals surface area (Å²) in [6.07, 6.45) is 3.71. The van der Waals surface area contributed by atoms with Gasteiger partial charge in [0, 0.05) is 13.7 Å². The highest BCUT2D eigenvalue weighted by molar-refractivity contribution is 5.27. The Hall–Kier alpha value is -1.10. The molecule has 0 aromatic heterocycles. The fraction of sp³-hybridized carbons (Fsp3) is 0.647. The van der Waals surface area contributed by atoms with Crippen molar-refractivity contribution in [3.05, 3.63) is 29.8 Å². The molecule has 0 bridgehead atoms. The fourth-order valence-corrected chi connectivity index (χ4v) is 2.52. The molecule has 0 amide bonds. The zero-order valence-corrected chi connectivity index (χ0v) is 13.1. The number of ether oxygens (including phenoxy) is 3. The minimum absolute atomic E-state index is 0.224.